The molecule has 0 fully saturated rings. The Morgan fingerprint density at radius 2 is 1.70 bits per heavy atom. The van der Waals surface area contributed by atoms with E-state index in [0.29, 0.717) is 0 Å². The molecule has 3 heteroatoms. The third-order valence-electron chi connectivity index (χ3n) is 2.95. The van der Waals surface area contributed by atoms with Crippen LogP contribution in [0.4, 0.5) is 5.69 Å². The predicted molar refractivity (Wildman–Crippen MR) is 83.5 cm³/mol. The van der Waals surface area contributed by atoms with Crippen LogP contribution in [0.15, 0.2) is 54.6 Å². The van der Waals surface area contributed by atoms with Crippen LogP contribution in [0.1, 0.15) is 5.56 Å². The third kappa shape index (κ3) is 3.79. The van der Waals surface area contributed by atoms with Crippen LogP contribution in [0.25, 0.3) is 6.08 Å². The molecule has 2 rings (SSSR count). The van der Waals surface area contributed by atoms with Crippen LogP contribution < -0.4 is 14.8 Å². The quantitative estimate of drug-likeness (QED) is 0.864. The highest BCUT2D eigenvalue weighted by molar-refractivity contribution is 5.58. The summed E-state index contributed by atoms with van der Waals surface area (Å²) in [6, 6.07) is 15.8. The Morgan fingerprint density at radius 3 is 2.40 bits per heavy atom. The van der Waals surface area contributed by atoms with E-state index in [9.17, 15) is 0 Å². The van der Waals surface area contributed by atoms with Crippen molar-refractivity contribution in [2.24, 2.45) is 0 Å². The van der Waals surface area contributed by atoms with Crippen LogP contribution in [0.3, 0.4) is 0 Å². The van der Waals surface area contributed by atoms with Crippen LogP contribution in [-0.2, 0) is 0 Å². The number of benzene rings is 2. The lowest BCUT2D eigenvalue weighted by Crippen LogP contribution is -1.97. The molecule has 0 radical (unpaired) electrons. The van der Waals surface area contributed by atoms with E-state index in [-0.39, 0.29) is 0 Å². The maximum absolute atomic E-state index is 5.30. The van der Waals surface area contributed by atoms with Gasteiger partial charge in [0, 0.05) is 17.8 Å². The first-order valence-corrected chi connectivity index (χ1v) is 6.51. The Morgan fingerprint density at radius 1 is 0.950 bits per heavy atom. The average molecular weight is 269 g/mol. The highest BCUT2D eigenvalue weighted by atomic mass is 16.5. The van der Waals surface area contributed by atoms with Gasteiger partial charge < -0.3 is 14.8 Å². The van der Waals surface area contributed by atoms with Crippen molar-refractivity contribution in [1.82, 2.24) is 0 Å². The maximum atomic E-state index is 5.30. The second-order valence-corrected chi connectivity index (χ2v) is 4.25. The van der Waals surface area contributed by atoms with Gasteiger partial charge in [-0.1, -0.05) is 30.4 Å². The molecular formula is C17H19NO2. The van der Waals surface area contributed by atoms with Gasteiger partial charge in [-0.05, 0) is 30.3 Å². The van der Waals surface area contributed by atoms with Gasteiger partial charge in [0.1, 0.15) is 11.5 Å². The summed E-state index contributed by atoms with van der Waals surface area (Å²) < 4.78 is 10.4. The van der Waals surface area contributed by atoms with Crippen molar-refractivity contribution < 1.29 is 9.47 Å². The lowest BCUT2D eigenvalue weighted by Gasteiger charge is -2.05. The first-order chi connectivity index (χ1) is 9.83. The van der Waals surface area contributed by atoms with E-state index in [1.807, 2.05) is 48.5 Å². The van der Waals surface area contributed by atoms with E-state index in [4.69, 9.17) is 9.47 Å². The number of nitrogens with one attached hydrogen (secondary N) is 1. The first-order valence-electron chi connectivity index (χ1n) is 6.51. The number of ether oxygens (including phenoxy) is 2. The highest BCUT2D eigenvalue weighted by Crippen LogP contribution is 2.19. The average Bonchev–Trinajstić information content (AvgIpc) is 2.52. The minimum Gasteiger partial charge on any atom is -0.497 e. The molecule has 0 aromatic heterocycles. The molecular weight excluding hydrogens is 250 g/mol. The molecule has 20 heavy (non-hydrogen) atoms. The zero-order valence-electron chi connectivity index (χ0n) is 11.8. The molecule has 0 aliphatic heterocycles. The van der Waals surface area contributed by atoms with E-state index in [1.54, 1.807) is 14.2 Å². The maximum Gasteiger partial charge on any atom is 0.126 e. The van der Waals surface area contributed by atoms with E-state index < -0.39 is 0 Å². The summed E-state index contributed by atoms with van der Waals surface area (Å²) in [5.74, 6) is 1.74. The molecule has 0 saturated carbocycles. The molecule has 1 N–H and O–H groups in total. The lowest BCUT2D eigenvalue weighted by molar-refractivity contribution is 0.414. The Bertz CT molecular complexity index is 561. The predicted octanol–water partition coefficient (Wildman–Crippen LogP) is 3.83. The summed E-state index contributed by atoms with van der Waals surface area (Å²) >= 11 is 0. The fourth-order valence-corrected chi connectivity index (χ4v) is 1.88. The minimum atomic E-state index is 0.754. The molecule has 104 valence electrons. The molecule has 3 nitrogen and oxygen atoms in total. The number of rotatable bonds is 6. The summed E-state index contributed by atoms with van der Waals surface area (Å²) in [6.45, 7) is 0.754. The number of anilines is 1. The topological polar surface area (TPSA) is 30.5 Å². The Labute approximate surface area is 119 Å². The summed E-state index contributed by atoms with van der Waals surface area (Å²) in [5, 5.41) is 3.32. The fourth-order valence-electron chi connectivity index (χ4n) is 1.88. The Balaban J connectivity index is 1.90. The van der Waals surface area contributed by atoms with E-state index >= 15 is 0 Å². The molecule has 2 aromatic rings. The molecule has 0 atom stereocenters. The van der Waals surface area contributed by atoms with Crippen LogP contribution in [0.5, 0.6) is 11.5 Å². The van der Waals surface area contributed by atoms with Crippen LogP contribution in [0, 0.1) is 0 Å². The van der Waals surface area contributed by atoms with Crippen molar-refractivity contribution >= 4 is 11.8 Å². The normalized spacial score (nSPS) is 10.5. The molecule has 0 spiro atoms. The van der Waals surface area contributed by atoms with E-state index in [2.05, 4.69) is 17.5 Å². The van der Waals surface area contributed by atoms with Crippen LogP contribution >= 0.6 is 0 Å². The monoisotopic (exact) mass is 269 g/mol. The molecule has 0 aliphatic carbocycles. The van der Waals surface area contributed by atoms with E-state index in [1.165, 1.54) is 0 Å². The summed E-state index contributed by atoms with van der Waals surface area (Å²) in [5.41, 5.74) is 2.14. The second kappa shape index (κ2) is 7.24. The van der Waals surface area contributed by atoms with Gasteiger partial charge in [-0.15, -0.1) is 0 Å². The van der Waals surface area contributed by atoms with Crippen molar-refractivity contribution in [3.05, 3.63) is 60.2 Å². The number of hydrogen-bond donors (Lipinski definition) is 1. The molecule has 0 heterocycles. The van der Waals surface area contributed by atoms with Gasteiger partial charge in [0.2, 0.25) is 0 Å². The van der Waals surface area contributed by atoms with Crippen molar-refractivity contribution in [3.8, 4) is 11.5 Å². The van der Waals surface area contributed by atoms with Crippen molar-refractivity contribution in [2.45, 2.75) is 0 Å². The van der Waals surface area contributed by atoms with Gasteiger partial charge in [-0.3, -0.25) is 0 Å². The standard InChI is InChI=1S/C17H19NO2/c1-19-16-11-9-15(10-12-16)18-13-5-7-14-6-3-4-8-17(14)20-2/h3-12,18H,13H2,1-2H3/b7-5+. The summed E-state index contributed by atoms with van der Waals surface area (Å²) in [4.78, 5) is 0. The molecule has 2 aromatic carbocycles. The van der Waals surface area contributed by atoms with Gasteiger partial charge in [0.05, 0.1) is 14.2 Å². The number of para-hydroxylation sites is 1. The molecule has 0 bridgehead atoms. The van der Waals surface area contributed by atoms with Gasteiger partial charge in [0.15, 0.2) is 0 Å². The molecule has 0 amide bonds. The molecule has 0 aliphatic rings. The van der Waals surface area contributed by atoms with Crippen LogP contribution in [0.2, 0.25) is 0 Å². The van der Waals surface area contributed by atoms with Gasteiger partial charge in [-0.2, -0.15) is 0 Å². The van der Waals surface area contributed by atoms with E-state index in [0.717, 1.165) is 29.3 Å². The molecule has 0 unspecified atom stereocenters. The summed E-state index contributed by atoms with van der Waals surface area (Å²) in [6.07, 6.45) is 4.12. The Hall–Kier alpha value is -2.42. The minimum absolute atomic E-state index is 0.754. The van der Waals surface area contributed by atoms with Crippen molar-refractivity contribution in [1.29, 1.82) is 0 Å². The van der Waals surface area contributed by atoms with Gasteiger partial charge in [-0.25, -0.2) is 0 Å². The van der Waals surface area contributed by atoms with Crippen molar-refractivity contribution in [3.63, 3.8) is 0 Å². The van der Waals surface area contributed by atoms with Crippen molar-refractivity contribution in [2.75, 3.05) is 26.1 Å². The van der Waals surface area contributed by atoms with Gasteiger partial charge in [0.25, 0.3) is 0 Å². The Kier molecular flexibility index (Phi) is 5.07. The fraction of sp³-hybridized carbons (Fsp3) is 0.176. The number of hydrogen-bond acceptors (Lipinski definition) is 3. The molecule has 0 saturated heterocycles. The first kappa shape index (κ1) is 14.0. The summed E-state index contributed by atoms with van der Waals surface area (Å²) in [7, 11) is 3.35. The highest BCUT2D eigenvalue weighted by Gasteiger charge is 1.96. The largest absolute Gasteiger partial charge is 0.497 e. The zero-order chi connectivity index (χ0) is 14.2. The zero-order valence-corrected chi connectivity index (χ0v) is 11.8. The lowest BCUT2D eigenvalue weighted by atomic mass is 10.2. The second-order valence-electron chi connectivity index (χ2n) is 4.25. The van der Waals surface area contributed by atoms with Gasteiger partial charge >= 0.3 is 0 Å². The smallest absolute Gasteiger partial charge is 0.126 e. The van der Waals surface area contributed by atoms with Crippen LogP contribution in [-0.4, -0.2) is 20.8 Å². The SMILES string of the molecule is COc1ccc(NC/C=C/c2ccccc2OC)cc1. The third-order valence-corrected chi connectivity index (χ3v) is 2.95. The number of methoxy groups -OCH3 is 2.